The fraction of sp³-hybridized carbons (Fsp3) is 0.682. The Hall–Kier alpha value is -1.55. The lowest BCUT2D eigenvalue weighted by molar-refractivity contribution is 0.575. The van der Waals surface area contributed by atoms with Crippen LogP contribution in [0.25, 0.3) is 11.1 Å². The lowest BCUT2D eigenvalue weighted by atomic mass is 10.0. The molecular weight excluding hydrogens is 322 g/mol. The molecule has 1 atom stereocenters. The fourth-order valence-corrected chi connectivity index (χ4v) is 3.81. The first-order chi connectivity index (χ1) is 12.8. The van der Waals surface area contributed by atoms with E-state index in [0.29, 0.717) is 12.1 Å². The van der Waals surface area contributed by atoms with Gasteiger partial charge >= 0.3 is 0 Å². The molecule has 2 aromatic rings. The van der Waals surface area contributed by atoms with Crippen LogP contribution >= 0.6 is 0 Å². The number of rotatable bonds is 12. The number of benzene rings is 1. The Morgan fingerprint density at radius 1 is 1.12 bits per heavy atom. The first kappa shape index (κ1) is 19.2. The standard InChI is InChI=1S/C22H35N3O/c1-2-3-4-5-6-7-8-9-11-18-13-14-21-20(16-18)25-22(26-21)24-17-19-12-10-15-23-19/h13-14,16,19,23H,2-12,15,17H2,1H3,(H,24,25)/t19-/m1/s1. The van der Waals surface area contributed by atoms with Crippen molar-refractivity contribution in [2.45, 2.75) is 83.6 Å². The van der Waals surface area contributed by atoms with Crippen molar-refractivity contribution >= 4 is 17.1 Å². The van der Waals surface area contributed by atoms with Crippen molar-refractivity contribution < 1.29 is 4.42 Å². The molecule has 0 spiro atoms. The number of oxazole rings is 1. The molecule has 26 heavy (non-hydrogen) atoms. The molecule has 2 heterocycles. The highest BCUT2D eigenvalue weighted by atomic mass is 16.4. The Bertz CT molecular complexity index is 646. The Morgan fingerprint density at radius 3 is 2.69 bits per heavy atom. The van der Waals surface area contributed by atoms with Crippen LogP contribution in [0, 0.1) is 0 Å². The second kappa shape index (κ2) is 10.6. The predicted molar refractivity (Wildman–Crippen MR) is 110 cm³/mol. The SMILES string of the molecule is CCCCCCCCCCc1ccc2oc(NC[C@H]3CCCN3)nc2c1. The molecular formula is C22H35N3O. The van der Waals surface area contributed by atoms with Crippen molar-refractivity contribution in [1.29, 1.82) is 0 Å². The van der Waals surface area contributed by atoms with Gasteiger partial charge in [-0.1, -0.05) is 57.9 Å². The van der Waals surface area contributed by atoms with Crippen LogP contribution in [-0.2, 0) is 6.42 Å². The van der Waals surface area contributed by atoms with E-state index >= 15 is 0 Å². The fourth-order valence-electron chi connectivity index (χ4n) is 3.81. The van der Waals surface area contributed by atoms with Crippen molar-refractivity contribution in [2.24, 2.45) is 0 Å². The lowest BCUT2D eigenvalue weighted by Crippen LogP contribution is -2.29. The van der Waals surface area contributed by atoms with Gasteiger partial charge in [0, 0.05) is 12.6 Å². The summed E-state index contributed by atoms with van der Waals surface area (Å²) in [6.45, 7) is 4.29. The minimum Gasteiger partial charge on any atom is -0.424 e. The van der Waals surface area contributed by atoms with Crippen molar-refractivity contribution in [3.63, 3.8) is 0 Å². The summed E-state index contributed by atoms with van der Waals surface area (Å²) in [5.74, 6) is 0. The Kier molecular flexibility index (Phi) is 7.81. The van der Waals surface area contributed by atoms with Crippen LogP contribution in [0.4, 0.5) is 6.01 Å². The van der Waals surface area contributed by atoms with Gasteiger partial charge in [0.15, 0.2) is 5.58 Å². The van der Waals surface area contributed by atoms with Crippen LogP contribution in [0.5, 0.6) is 0 Å². The van der Waals surface area contributed by atoms with Gasteiger partial charge in [0.1, 0.15) is 5.52 Å². The van der Waals surface area contributed by atoms with E-state index in [-0.39, 0.29) is 0 Å². The van der Waals surface area contributed by atoms with E-state index in [1.54, 1.807) is 0 Å². The van der Waals surface area contributed by atoms with Gasteiger partial charge in [-0.05, 0) is 49.9 Å². The van der Waals surface area contributed by atoms with Gasteiger partial charge in [-0.3, -0.25) is 0 Å². The van der Waals surface area contributed by atoms with E-state index < -0.39 is 0 Å². The number of aryl methyl sites for hydroxylation is 1. The summed E-state index contributed by atoms with van der Waals surface area (Å²) >= 11 is 0. The predicted octanol–water partition coefficient (Wildman–Crippen LogP) is 5.67. The number of nitrogens with zero attached hydrogens (tertiary/aromatic N) is 1. The molecule has 1 aromatic carbocycles. The van der Waals surface area contributed by atoms with Gasteiger partial charge < -0.3 is 15.1 Å². The number of fused-ring (bicyclic) bond motifs is 1. The molecule has 0 amide bonds. The van der Waals surface area contributed by atoms with E-state index in [4.69, 9.17) is 4.42 Å². The summed E-state index contributed by atoms with van der Waals surface area (Å²) < 4.78 is 5.82. The first-order valence-electron chi connectivity index (χ1n) is 10.7. The average Bonchev–Trinajstić information content (AvgIpc) is 3.30. The third kappa shape index (κ3) is 6.01. The molecule has 4 nitrogen and oxygen atoms in total. The normalized spacial score (nSPS) is 17.2. The van der Waals surface area contributed by atoms with Gasteiger partial charge in [0.25, 0.3) is 6.01 Å². The molecule has 0 radical (unpaired) electrons. The molecule has 0 saturated carbocycles. The minimum absolute atomic E-state index is 0.544. The number of anilines is 1. The topological polar surface area (TPSA) is 50.1 Å². The quantitative estimate of drug-likeness (QED) is 0.480. The molecule has 1 aliphatic rings. The molecule has 4 heteroatoms. The number of hydrogen-bond acceptors (Lipinski definition) is 4. The molecule has 3 rings (SSSR count). The summed E-state index contributed by atoms with van der Waals surface area (Å²) in [5.41, 5.74) is 3.23. The number of nitrogens with one attached hydrogen (secondary N) is 2. The maximum atomic E-state index is 5.82. The number of hydrogen-bond donors (Lipinski definition) is 2. The molecule has 1 fully saturated rings. The second-order valence-corrected chi connectivity index (χ2v) is 7.72. The lowest BCUT2D eigenvalue weighted by Gasteiger charge is -2.09. The van der Waals surface area contributed by atoms with E-state index in [1.165, 1.54) is 69.8 Å². The molecule has 0 aliphatic carbocycles. The zero-order valence-electron chi connectivity index (χ0n) is 16.4. The van der Waals surface area contributed by atoms with Crippen LogP contribution < -0.4 is 10.6 Å². The van der Waals surface area contributed by atoms with Crippen LogP contribution in [0.15, 0.2) is 22.6 Å². The second-order valence-electron chi connectivity index (χ2n) is 7.72. The molecule has 1 saturated heterocycles. The van der Waals surface area contributed by atoms with E-state index in [1.807, 2.05) is 0 Å². The van der Waals surface area contributed by atoms with Gasteiger partial charge in [-0.2, -0.15) is 4.98 Å². The molecule has 0 unspecified atom stereocenters. The van der Waals surface area contributed by atoms with Crippen LogP contribution in [0.1, 0.15) is 76.7 Å². The van der Waals surface area contributed by atoms with Crippen LogP contribution in [-0.4, -0.2) is 24.1 Å². The van der Waals surface area contributed by atoms with Gasteiger partial charge in [-0.25, -0.2) is 0 Å². The van der Waals surface area contributed by atoms with Gasteiger partial charge in [-0.15, -0.1) is 0 Å². The zero-order chi connectivity index (χ0) is 18.0. The van der Waals surface area contributed by atoms with Gasteiger partial charge in [0.05, 0.1) is 0 Å². The highest BCUT2D eigenvalue weighted by molar-refractivity contribution is 5.75. The van der Waals surface area contributed by atoms with Gasteiger partial charge in [0.2, 0.25) is 0 Å². The Balaban J connectivity index is 1.39. The summed E-state index contributed by atoms with van der Waals surface area (Å²) in [6.07, 6.45) is 14.6. The Morgan fingerprint density at radius 2 is 1.92 bits per heavy atom. The summed E-state index contributed by atoms with van der Waals surface area (Å²) in [7, 11) is 0. The number of unbranched alkanes of at least 4 members (excludes halogenated alkanes) is 7. The van der Waals surface area contributed by atoms with E-state index in [0.717, 1.165) is 30.6 Å². The highest BCUT2D eigenvalue weighted by Crippen LogP contribution is 2.21. The number of aromatic nitrogens is 1. The van der Waals surface area contributed by atoms with E-state index in [9.17, 15) is 0 Å². The maximum absolute atomic E-state index is 5.82. The Labute approximate surface area is 158 Å². The summed E-state index contributed by atoms with van der Waals surface area (Å²) in [5, 5.41) is 6.82. The third-order valence-corrected chi connectivity index (χ3v) is 5.43. The molecule has 1 aromatic heterocycles. The minimum atomic E-state index is 0.544. The molecule has 0 bridgehead atoms. The van der Waals surface area contributed by atoms with Crippen LogP contribution in [0.2, 0.25) is 0 Å². The maximum Gasteiger partial charge on any atom is 0.295 e. The largest absolute Gasteiger partial charge is 0.424 e. The smallest absolute Gasteiger partial charge is 0.295 e. The van der Waals surface area contributed by atoms with Crippen molar-refractivity contribution in [3.05, 3.63) is 23.8 Å². The van der Waals surface area contributed by atoms with Crippen LogP contribution in [0.3, 0.4) is 0 Å². The summed E-state index contributed by atoms with van der Waals surface area (Å²) in [4.78, 5) is 4.61. The van der Waals surface area contributed by atoms with Crippen molar-refractivity contribution in [1.82, 2.24) is 10.3 Å². The molecule has 144 valence electrons. The highest BCUT2D eigenvalue weighted by Gasteiger charge is 2.14. The van der Waals surface area contributed by atoms with Crippen molar-refractivity contribution in [2.75, 3.05) is 18.4 Å². The first-order valence-corrected chi connectivity index (χ1v) is 10.7. The third-order valence-electron chi connectivity index (χ3n) is 5.43. The van der Waals surface area contributed by atoms with Crippen molar-refractivity contribution in [3.8, 4) is 0 Å². The molecule has 2 N–H and O–H groups in total. The van der Waals surface area contributed by atoms with E-state index in [2.05, 4.69) is 40.7 Å². The zero-order valence-corrected chi connectivity index (χ0v) is 16.4. The monoisotopic (exact) mass is 357 g/mol. The molecule has 1 aliphatic heterocycles. The average molecular weight is 358 g/mol. The summed E-state index contributed by atoms with van der Waals surface area (Å²) in [6, 6.07) is 7.65.